The quantitative estimate of drug-likeness (QED) is 0.880. The Kier molecular flexibility index (Phi) is 4.22. The van der Waals surface area contributed by atoms with Gasteiger partial charge in [0.15, 0.2) is 0 Å². The average molecular weight is 317 g/mol. The molecule has 2 heterocycles. The van der Waals surface area contributed by atoms with E-state index in [0.717, 1.165) is 22.3 Å². The summed E-state index contributed by atoms with van der Waals surface area (Å²) < 4.78 is 0.879. The lowest BCUT2D eigenvalue weighted by Crippen LogP contribution is -2.55. The first-order valence-electron chi connectivity index (χ1n) is 5.87. The zero-order valence-electron chi connectivity index (χ0n) is 10.00. The minimum Gasteiger partial charge on any atom is -0.347 e. The Balaban J connectivity index is 2.05. The first kappa shape index (κ1) is 13.1. The molecule has 3 unspecified atom stereocenters. The van der Waals surface area contributed by atoms with Gasteiger partial charge < -0.3 is 10.6 Å². The Morgan fingerprint density at radius 1 is 1.59 bits per heavy atom. The first-order valence-corrected chi connectivity index (χ1v) is 7.54. The van der Waals surface area contributed by atoms with Gasteiger partial charge in [-0.05, 0) is 53.2 Å². The number of carbonyl (C=O) groups excluding carboxylic acids is 1. The maximum Gasteiger partial charge on any atom is 0.262 e. The smallest absolute Gasteiger partial charge is 0.262 e. The fraction of sp³-hybridized carbons (Fsp3) is 0.583. The Labute approximate surface area is 114 Å². The summed E-state index contributed by atoms with van der Waals surface area (Å²) in [5, 5.41) is 8.47. The number of amides is 1. The first-order chi connectivity index (χ1) is 8.09. The van der Waals surface area contributed by atoms with Crippen LogP contribution in [0.5, 0.6) is 0 Å². The molecule has 1 amide bonds. The zero-order valence-corrected chi connectivity index (χ0v) is 12.4. The molecule has 2 N–H and O–H groups in total. The van der Waals surface area contributed by atoms with Gasteiger partial charge in [-0.2, -0.15) is 0 Å². The number of hydrogen-bond acceptors (Lipinski definition) is 3. The van der Waals surface area contributed by atoms with Crippen molar-refractivity contribution in [3.63, 3.8) is 0 Å². The van der Waals surface area contributed by atoms with Crippen LogP contribution in [0.25, 0.3) is 0 Å². The topological polar surface area (TPSA) is 41.1 Å². The van der Waals surface area contributed by atoms with E-state index >= 15 is 0 Å². The number of halogens is 1. The van der Waals surface area contributed by atoms with Crippen LogP contribution in [0.4, 0.5) is 0 Å². The van der Waals surface area contributed by atoms with Crippen LogP contribution in [0.1, 0.15) is 29.9 Å². The molecule has 94 valence electrons. The lowest BCUT2D eigenvalue weighted by molar-refractivity contribution is 0.0901. The minimum atomic E-state index is 0.0271. The normalized spacial score (nSPS) is 29.0. The standard InChI is InChI=1S/C12H17BrN2OS/c1-7-3-5-14-8(2)10(7)15-12(16)11-9(13)4-6-17-11/h4,6-8,10,14H,3,5H2,1-2H3,(H,15,16). The van der Waals surface area contributed by atoms with E-state index in [1.807, 2.05) is 11.4 Å². The highest BCUT2D eigenvalue weighted by atomic mass is 79.9. The highest BCUT2D eigenvalue weighted by Gasteiger charge is 2.29. The van der Waals surface area contributed by atoms with Crippen molar-refractivity contribution in [3.05, 3.63) is 20.8 Å². The molecular weight excluding hydrogens is 300 g/mol. The maximum absolute atomic E-state index is 12.1. The summed E-state index contributed by atoms with van der Waals surface area (Å²) in [5.41, 5.74) is 0. The highest BCUT2D eigenvalue weighted by molar-refractivity contribution is 9.10. The molecule has 1 saturated heterocycles. The predicted octanol–water partition coefficient (Wildman–Crippen LogP) is 2.63. The lowest BCUT2D eigenvalue weighted by atomic mass is 9.89. The molecule has 17 heavy (non-hydrogen) atoms. The predicted molar refractivity (Wildman–Crippen MR) is 74.5 cm³/mol. The largest absolute Gasteiger partial charge is 0.347 e. The van der Waals surface area contributed by atoms with Gasteiger partial charge in [0, 0.05) is 16.6 Å². The summed E-state index contributed by atoms with van der Waals surface area (Å²) in [6.07, 6.45) is 1.11. The summed E-state index contributed by atoms with van der Waals surface area (Å²) in [4.78, 5) is 12.9. The van der Waals surface area contributed by atoms with Crippen LogP contribution in [-0.4, -0.2) is 24.5 Å². The van der Waals surface area contributed by atoms with Crippen molar-refractivity contribution in [3.8, 4) is 0 Å². The molecule has 1 aliphatic rings. The van der Waals surface area contributed by atoms with Crippen LogP contribution in [0.15, 0.2) is 15.9 Å². The fourth-order valence-electron chi connectivity index (χ4n) is 2.28. The summed E-state index contributed by atoms with van der Waals surface area (Å²) >= 11 is 4.87. The molecule has 0 radical (unpaired) electrons. The Morgan fingerprint density at radius 2 is 2.35 bits per heavy atom. The molecule has 1 fully saturated rings. The monoisotopic (exact) mass is 316 g/mol. The molecule has 0 aromatic carbocycles. The fourth-order valence-corrected chi connectivity index (χ4v) is 3.73. The highest BCUT2D eigenvalue weighted by Crippen LogP contribution is 2.24. The van der Waals surface area contributed by atoms with Crippen molar-refractivity contribution in [1.82, 2.24) is 10.6 Å². The van der Waals surface area contributed by atoms with Gasteiger partial charge in [-0.25, -0.2) is 0 Å². The van der Waals surface area contributed by atoms with E-state index in [2.05, 4.69) is 40.4 Å². The van der Waals surface area contributed by atoms with Crippen LogP contribution in [-0.2, 0) is 0 Å². The summed E-state index contributed by atoms with van der Waals surface area (Å²) in [6.45, 7) is 5.37. The molecule has 0 bridgehead atoms. The van der Waals surface area contributed by atoms with Crippen LogP contribution in [0.2, 0.25) is 0 Å². The van der Waals surface area contributed by atoms with Crippen LogP contribution >= 0.6 is 27.3 Å². The maximum atomic E-state index is 12.1. The van der Waals surface area contributed by atoms with Crippen molar-refractivity contribution in [2.24, 2.45) is 5.92 Å². The zero-order chi connectivity index (χ0) is 12.4. The van der Waals surface area contributed by atoms with Crippen LogP contribution < -0.4 is 10.6 Å². The van der Waals surface area contributed by atoms with Crippen molar-refractivity contribution in [1.29, 1.82) is 0 Å². The average Bonchev–Trinajstić information content (AvgIpc) is 2.70. The number of piperidine rings is 1. The van der Waals surface area contributed by atoms with Gasteiger partial charge in [0.1, 0.15) is 4.88 Å². The van der Waals surface area contributed by atoms with Crippen molar-refractivity contribution in [2.75, 3.05) is 6.54 Å². The molecule has 1 aromatic rings. The van der Waals surface area contributed by atoms with Gasteiger partial charge in [-0.1, -0.05) is 6.92 Å². The van der Waals surface area contributed by atoms with Crippen molar-refractivity contribution < 1.29 is 4.79 Å². The van der Waals surface area contributed by atoms with Crippen LogP contribution in [0.3, 0.4) is 0 Å². The lowest BCUT2D eigenvalue weighted by Gasteiger charge is -2.35. The molecule has 2 rings (SSSR count). The molecule has 3 nitrogen and oxygen atoms in total. The third-order valence-electron chi connectivity index (χ3n) is 3.34. The molecule has 0 aliphatic carbocycles. The van der Waals surface area contributed by atoms with E-state index in [4.69, 9.17) is 0 Å². The number of rotatable bonds is 2. The van der Waals surface area contributed by atoms with Gasteiger partial charge >= 0.3 is 0 Å². The molecule has 1 aromatic heterocycles. The summed E-state index contributed by atoms with van der Waals surface area (Å²) in [6, 6.07) is 2.46. The van der Waals surface area contributed by atoms with Gasteiger partial charge in [0.05, 0.1) is 0 Å². The van der Waals surface area contributed by atoms with Crippen molar-refractivity contribution in [2.45, 2.75) is 32.4 Å². The van der Waals surface area contributed by atoms with Crippen molar-refractivity contribution >= 4 is 33.2 Å². The van der Waals surface area contributed by atoms with Gasteiger partial charge in [-0.15, -0.1) is 11.3 Å². The van der Waals surface area contributed by atoms with Gasteiger partial charge in [0.25, 0.3) is 5.91 Å². The van der Waals surface area contributed by atoms with Crippen LogP contribution in [0, 0.1) is 5.92 Å². The molecule has 3 atom stereocenters. The summed E-state index contributed by atoms with van der Waals surface area (Å²) in [5.74, 6) is 0.549. The Morgan fingerprint density at radius 3 is 2.94 bits per heavy atom. The molecular formula is C12H17BrN2OS. The second kappa shape index (κ2) is 5.50. The third-order valence-corrected chi connectivity index (χ3v) is 5.18. The second-order valence-corrected chi connectivity index (χ2v) is 6.38. The third kappa shape index (κ3) is 2.89. The van der Waals surface area contributed by atoms with E-state index in [1.54, 1.807) is 0 Å². The molecule has 0 saturated carbocycles. The minimum absolute atomic E-state index is 0.0271. The van der Waals surface area contributed by atoms with E-state index in [0.29, 0.717) is 12.0 Å². The Bertz CT molecular complexity index is 397. The van der Waals surface area contributed by atoms with Gasteiger partial charge in [0.2, 0.25) is 0 Å². The number of thiophene rings is 1. The Hall–Kier alpha value is -0.390. The number of carbonyl (C=O) groups is 1. The molecule has 5 heteroatoms. The SMILES string of the molecule is CC1CCNC(C)C1NC(=O)c1sccc1Br. The number of nitrogens with one attached hydrogen (secondary N) is 2. The summed E-state index contributed by atoms with van der Waals surface area (Å²) in [7, 11) is 0. The van der Waals surface area contributed by atoms with E-state index in [-0.39, 0.29) is 11.9 Å². The van der Waals surface area contributed by atoms with E-state index in [9.17, 15) is 4.79 Å². The second-order valence-electron chi connectivity index (χ2n) is 4.61. The molecule has 1 aliphatic heterocycles. The molecule has 0 spiro atoms. The van der Waals surface area contributed by atoms with E-state index in [1.165, 1.54) is 11.3 Å². The number of hydrogen-bond donors (Lipinski definition) is 2. The van der Waals surface area contributed by atoms with E-state index < -0.39 is 0 Å². The van der Waals surface area contributed by atoms with Gasteiger partial charge in [-0.3, -0.25) is 4.79 Å².